The lowest BCUT2D eigenvalue weighted by Gasteiger charge is -2.26. The van der Waals surface area contributed by atoms with Gasteiger partial charge >= 0.3 is 0 Å². The minimum atomic E-state index is 0.0298. The normalized spacial score (nSPS) is 17.3. The Balaban J connectivity index is 1.49. The summed E-state index contributed by atoms with van der Waals surface area (Å²) in [5, 5.41) is 0.609. The van der Waals surface area contributed by atoms with Crippen molar-refractivity contribution in [2.45, 2.75) is 38.9 Å². The second-order valence-corrected chi connectivity index (χ2v) is 8.52. The third kappa shape index (κ3) is 4.02. The molecule has 0 saturated carbocycles. The van der Waals surface area contributed by atoms with Crippen molar-refractivity contribution >= 4 is 28.5 Å². The predicted molar refractivity (Wildman–Crippen MR) is 117 cm³/mol. The van der Waals surface area contributed by atoms with Gasteiger partial charge in [-0.1, -0.05) is 29.8 Å². The first kappa shape index (κ1) is 19.9. The molecule has 1 atom stereocenters. The number of imidazole rings is 1. The van der Waals surface area contributed by atoms with Crippen LogP contribution >= 0.6 is 11.6 Å². The van der Waals surface area contributed by atoms with E-state index in [1.807, 2.05) is 54.7 Å². The molecule has 2 aromatic carbocycles. The molecule has 4 rings (SSSR count). The zero-order chi connectivity index (χ0) is 20.5. The lowest BCUT2D eigenvalue weighted by Crippen LogP contribution is -2.40. The number of likely N-dealkylation sites (N-methyl/N-ethyl adjacent to an activating group) is 1. The fourth-order valence-electron chi connectivity index (χ4n) is 4.05. The van der Waals surface area contributed by atoms with Gasteiger partial charge in [0.05, 0.1) is 23.9 Å². The zero-order valence-corrected chi connectivity index (χ0v) is 17.9. The summed E-state index contributed by atoms with van der Waals surface area (Å²) in [7, 11) is 1.90. The fourth-order valence-corrected chi connectivity index (χ4v) is 4.29. The van der Waals surface area contributed by atoms with Gasteiger partial charge in [-0.05, 0) is 50.1 Å². The average Bonchev–Trinajstić information content (AvgIpc) is 3.36. The lowest BCUT2D eigenvalue weighted by atomic mass is 10.1. The second kappa shape index (κ2) is 8.17. The van der Waals surface area contributed by atoms with Crippen LogP contribution in [0.2, 0.25) is 5.02 Å². The number of fused-ring (bicyclic) bond motifs is 1. The number of likely N-dealkylation sites (tertiary alicyclic amines) is 1. The van der Waals surface area contributed by atoms with Crippen molar-refractivity contribution in [3.63, 3.8) is 0 Å². The molecule has 2 heterocycles. The smallest absolute Gasteiger partial charge is 0.253 e. The highest BCUT2D eigenvalue weighted by Crippen LogP contribution is 2.24. The molecule has 0 unspecified atom stereocenters. The van der Waals surface area contributed by atoms with Crippen molar-refractivity contribution < 1.29 is 4.79 Å². The molecule has 0 spiro atoms. The number of para-hydroxylation sites is 2. The molecule has 1 aliphatic rings. The summed E-state index contributed by atoms with van der Waals surface area (Å²) < 4.78 is 2.07. The van der Waals surface area contributed by atoms with Gasteiger partial charge in [0.25, 0.3) is 5.91 Å². The molecule has 5 nitrogen and oxygen atoms in total. The van der Waals surface area contributed by atoms with Crippen molar-refractivity contribution in [2.24, 2.45) is 0 Å². The molecule has 1 fully saturated rings. The van der Waals surface area contributed by atoms with Crippen molar-refractivity contribution in [3.8, 4) is 0 Å². The van der Waals surface area contributed by atoms with E-state index in [9.17, 15) is 4.79 Å². The minimum Gasteiger partial charge on any atom is -0.337 e. The van der Waals surface area contributed by atoms with E-state index in [1.165, 1.54) is 0 Å². The van der Waals surface area contributed by atoms with Gasteiger partial charge in [0.1, 0.15) is 0 Å². The number of aromatic nitrogens is 2. The molecule has 0 bridgehead atoms. The molecule has 152 valence electrons. The van der Waals surface area contributed by atoms with Crippen LogP contribution in [0.15, 0.2) is 48.8 Å². The van der Waals surface area contributed by atoms with Crippen LogP contribution in [-0.4, -0.2) is 57.5 Å². The van der Waals surface area contributed by atoms with E-state index in [0.717, 1.165) is 36.1 Å². The lowest BCUT2D eigenvalue weighted by molar-refractivity contribution is 0.0732. The van der Waals surface area contributed by atoms with E-state index in [0.29, 0.717) is 23.2 Å². The Kier molecular flexibility index (Phi) is 5.61. The monoisotopic (exact) mass is 410 g/mol. The van der Waals surface area contributed by atoms with Gasteiger partial charge in [0.15, 0.2) is 0 Å². The number of hydrogen-bond donors (Lipinski definition) is 0. The van der Waals surface area contributed by atoms with Crippen LogP contribution in [0.25, 0.3) is 11.0 Å². The van der Waals surface area contributed by atoms with Gasteiger partial charge in [0, 0.05) is 42.8 Å². The fraction of sp³-hybridized carbons (Fsp3) is 0.391. The number of carbonyl (C=O) groups excluding carboxylic acids is 1. The Hall–Kier alpha value is -2.37. The summed E-state index contributed by atoms with van der Waals surface area (Å²) in [6.45, 7) is 6.99. The van der Waals surface area contributed by atoms with E-state index in [4.69, 9.17) is 11.6 Å². The maximum Gasteiger partial charge on any atom is 0.253 e. The first-order valence-electron chi connectivity index (χ1n) is 10.1. The molecule has 1 saturated heterocycles. The average molecular weight is 411 g/mol. The third-order valence-electron chi connectivity index (χ3n) is 5.96. The molecular formula is C23H27ClN4O. The van der Waals surface area contributed by atoms with Crippen molar-refractivity contribution in [2.75, 3.05) is 20.1 Å². The van der Waals surface area contributed by atoms with Gasteiger partial charge in [-0.3, -0.25) is 9.69 Å². The minimum absolute atomic E-state index is 0.0298. The second-order valence-electron chi connectivity index (χ2n) is 8.11. The number of hydrogen-bond acceptors (Lipinski definition) is 3. The van der Waals surface area contributed by atoms with Crippen molar-refractivity contribution in [1.29, 1.82) is 0 Å². The first-order valence-corrected chi connectivity index (χ1v) is 10.5. The van der Waals surface area contributed by atoms with Crippen molar-refractivity contribution in [3.05, 3.63) is 64.9 Å². The highest BCUT2D eigenvalue weighted by Gasteiger charge is 2.30. The number of amides is 1. The summed E-state index contributed by atoms with van der Waals surface area (Å²) in [4.78, 5) is 21.7. The molecule has 1 aromatic heterocycles. The van der Waals surface area contributed by atoms with Crippen LogP contribution in [0, 0.1) is 0 Å². The number of nitrogens with zero attached hydrogens (tertiary/aromatic N) is 4. The van der Waals surface area contributed by atoms with Gasteiger partial charge in [-0.15, -0.1) is 0 Å². The summed E-state index contributed by atoms with van der Waals surface area (Å²) in [6, 6.07) is 14.4. The summed E-state index contributed by atoms with van der Waals surface area (Å²) in [5.41, 5.74) is 3.64. The van der Waals surface area contributed by atoms with Crippen LogP contribution in [0.1, 0.15) is 36.2 Å². The van der Waals surface area contributed by atoms with Crippen LogP contribution in [0.4, 0.5) is 0 Å². The van der Waals surface area contributed by atoms with Crippen molar-refractivity contribution in [1.82, 2.24) is 19.4 Å². The van der Waals surface area contributed by atoms with Gasteiger partial charge in [0.2, 0.25) is 0 Å². The highest BCUT2D eigenvalue weighted by molar-refractivity contribution is 6.31. The van der Waals surface area contributed by atoms with Crippen LogP contribution in [0.5, 0.6) is 0 Å². The summed E-state index contributed by atoms with van der Waals surface area (Å²) in [5.74, 6) is 0.0298. The molecular weight excluding hydrogens is 384 g/mol. The molecule has 3 aromatic rings. The molecule has 0 radical (unpaired) electrons. The SMILES string of the molecule is CC(C)N1CC[C@@H](N(C)C(=O)c2ccc(Cn3cnc4ccccc43)c(Cl)c2)C1. The third-order valence-corrected chi connectivity index (χ3v) is 6.31. The molecule has 29 heavy (non-hydrogen) atoms. The van der Waals surface area contributed by atoms with Crippen LogP contribution < -0.4 is 0 Å². The first-order chi connectivity index (χ1) is 13.9. The zero-order valence-electron chi connectivity index (χ0n) is 17.2. The quantitative estimate of drug-likeness (QED) is 0.630. The number of halogens is 1. The largest absolute Gasteiger partial charge is 0.337 e. The Morgan fingerprint density at radius 3 is 2.79 bits per heavy atom. The Morgan fingerprint density at radius 2 is 2.07 bits per heavy atom. The van der Waals surface area contributed by atoms with Gasteiger partial charge in [-0.25, -0.2) is 4.98 Å². The molecule has 1 aliphatic heterocycles. The number of rotatable bonds is 5. The molecule has 0 N–H and O–H groups in total. The maximum atomic E-state index is 13.0. The van der Waals surface area contributed by atoms with Crippen LogP contribution in [-0.2, 0) is 6.54 Å². The Bertz CT molecular complexity index is 1030. The number of benzene rings is 2. The Morgan fingerprint density at radius 1 is 1.28 bits per heavy atom. The molecule has 0 aliphatic carbocycles. The van der Waals surface area contributed by atoms with Crippen LogP contribution in [0.3, 0.4) is 0 Å². The number of carbonyl (C=O) groups is 1. The topological polar surface area (TPSA) is 41.4 Å². The van der Waals surface area contributed by atoms with E-state index >= 15 is 0 Å². The van der Waals surface area contributed by atoms with E-state index < -0.39 is 0 Å². The summed E-state index contributed by atoms with van der Waals surface area (Å²) >= 11 is 6.56. The highest BCUT2D eigenvalue weighted by atomic mass is 35.5. The van der Waals surface area contributed by atoms with Gasteiger partial charge < -0.3 is 9.47 Å². The maximum absolute atomic E-state index is 13.0. The predicted octanol–water partition coefficient (Wildman–Crippen LogP) is 4.29. The summed E-state index contributed by atoms with van der Waals surface area (Å²) in [6.07, 6.45) is 2.84. The van der Waals surface area contributed by atoms with E-state index in [1.54, 1.807) is 6.07 Å². The van der Waals surface area contributed by atoms with Gasteiger partial charge in [-0.2, -0.15) is 0 Å². The molecule has 6 heteroatoms. The van der Waals surface area contributed by atoms with E-state index in [-0.39, 0.29) is 11.9 Å². The standard InChI is InChI=1S/C23H27ClN4O/c1-16(2)27-11-10-19(14-27)26(3)23(29)17-8-9-18(20(24)12-17)13-28-15-25-21-6-4-5-7-22(21)28/h4-9,12,15-16,19H,10-11,13-14H2,1-3H3/t19-/m1/s1. The van der Waals surface area contributed by atoms with E-state index in [2.05, 4.69) is 28.3 Å². The Labute approximate surface area is 176 Å². The molecule has 1 amide bonds.